The van der Waals surface area contributed by atoms with Gasteiger partial charge in [0.2, 0.25) is 0 Å². The first-order valence-electron chi connectivity index (χ1n) is 14.3. The normalized spacial score (nSPS) is 17.2. The SMILES string of the molecule is CCN1C(=O)/C(=C/c2ccc(OCC(=O)Nc3ccc(C)cc3)c(OC)c2)SC1=Nc1ccc(N2CCCCC2)cc1. The van der Waals surface area contributed by atoms with Crippen LogP contribution < -0.4 is 19.7 Å². The zero-order valence-electron chi connectivity index (χ0n) is 24.3. The number of methoxy groups -OCH3 is 1. The van der Waals surface area contributed by atoms with Gasteiger partial charge in [-0.05, 0) is 105 Å². The third-order valence-electron chi connectivity index (χ3n) is 7.18. The lowest BCUT2D eigenvalue weighted by Crippen LogP contribution is -2.29. The highest BCUT2D eigenvalue weighted by Crippen LogP contribution is 2.36. The number of amides is 2. The van der Waals surface area contributed by atoms with Crippen molar-refractivity contribution in [1.82, 2.24) is 4.90 Å². The number of nitrogens with zero attached hydrogens (tertiary/aromatic N) is 3. The lowest BCUT2D eigenvalue weighted by molar-refractivity contribution is -0.122. The standard InChI is InChI=1S/C33H36N4O4S/c1-4-37-32(39)30(42-33(37)35-26-13-15-27(16-14-26)36-18-6-5-7-19-36)21-24-10-17-28(29(20-24)40-3)41-22-31(38)34-25-11-8-23(2)9-12-25/h8-17,20-21H,4-7,18-19,22H2,1-3H3,(H,34,38)/b30-21-,35-33?. The Balaban J connectivity index is 1.25. The molecule has 0 spiro atoms. The molecular formula is C33H36N4O4S. The molecule has 3 aromatic rings. The molecule has 1 N–H and O–H groups in total. The van der Waals surface area contributed by atoms with Crippen molar-refractivity contribution in [3.63, 3.8) is 0 Å². The van der Waals surface area contributed by atoms with Crippen molar-refractivity contribution in [2.75, 3.05) is 43.6 Å². The van der Waals surface area contributed by atoms with Crippen LogP contribution in [0.2, 0.25) is 0 Å². The second kappa shape index (κ2) is 13.6. The van der Waals surface area contributed by atoms with Crippen LogP contribution in [0.4, 0.5) is 17.1 Å². The Hall–Kier alpha value is -4.24. The van der Waals surface area contributed by atoms with Crippen molar-refractivity contribution in [3.8, 4) is 11.5 Å². The van der Waals surface area contributed by atoms with Crippen LogP contribution in [0, 0.1) is 6.92 Å². The minimum absolute atomic E-state index is 0.0849. The third kappa shape index (κ3) is 7.15. The molecule has 2 heterocycles. The van der Waals surface area contributed by atoms with Crippen LogP contribution in [0.15, 0.2) is 76.6 Å². The average molecular weight is 585 g/mol. The summed E-state index contributed by atoms with van der Waals surface area (Å²) in [5.41, 5.74) is 4.64. The van der Waals surface area contributed by atoms with Crippen molar-refractivity contribution >= 4 is 51.9 Å². The zero-order valence-corrected chi connectivity index (χ0v) is 25.1. The highest BCUT2D eigenvalue weighted by Gasteiger charge is 2.32. The number of benzene rings is 3. The van der Waals surface area contributed by atoms with Crippen LogP contribution in [0.3, 0.4) is 0 Å². The summed E-state index contributed by atoms with van der Waals surface area (Å²) >= 11 is 1.36. The van der Waals surface area contributed by atoms with Gasteiger partial charge in [0, 0.05) is 31.0 Å². The van der Waals surface area contributed by atoms with Crippen LogP contribution in [0.25, 0.3) is 6.08 Å². The Bertz CT molecular complexity index is 1480. The second-order valence-electron chi connectivity index (χ2n) is 10.2. The number of carbonyl (C=O) groups is 2. The summed E-state index contributed by atoms with van der Waals surface area (Å²) in [7, 11) is 1.54. The zero-order chi connectivity index (χ0) is 29.5. The van der Waals surface area contributed by atoms with Gasteiger partial charge < -0.3 is 19.7 Å². The van der Waals surface area contributed by atoms with Crippen molar-refractivity contribution in [2.45, 2.75) is 33.1 Å². The van der Waals surface area contributed by atoms with Gasteiger partial charge in [0.1, 0.15) is 0 Å². The molecule has 2 aliphatic rings. The number of rotatable bonds is 9. The van der Waals surface area contributed by atoms with Crippen LogP contribution in [-0.2, 0) is 9.59 Å². The minimum atomic E-state index is -0.271. The highest BCUT2D eigenvalue weighted by molar-refractivity contribution is 8.18. The highest BCUT2D eigenvalue weighted by atomic mass is 32.2. The third-order valence-corrected chi connectivity index (χ3v) is 8.19. The number of hydrogen-bond donors (Lipinski definition) is 1. The van der Waals surface area contributed by atoms with E-state index in [-0.39, 0.29) is 18.4 Å². The van der Waals surface area contributed by atoms with E-state index in [2.05, 4.69) is 22.3 Å². The van der Waals surface area contributed by atoms with E-state index in [4.69, 9.17) is 14.5 Å². The molecule has 0 radical (unpaired) electrons. The van der Waals surface area contributed by atoms with E-state index < -0.39 is 0 Å². The number of aliphatic imine (C=N–C) groups is 1. The molecule has 2 aliphatic heterocycles. The Labute approximate surface area is 251 Å². The second-order valence-corrected chi connectivity index (χ2v) is 11.2. The first-order chi connectivity index (χ1) is 20.4. The van der Waals surface area contributed by atoms with E-state index in [0.29, 0.717) is 33.8 Å². The molecule has 0 atom stereocenters. The van der Waals surface area contributed by atoms with E-state index in [9.17, 15) is 9.59 Å². The number of likely N-dealkylation sites (N-methyl/N-ethyl adjacent to an activating group) is 1. The topological polar surface area (TPSA) is 83.5 Å². The van der Waals surface area contributed by atoms with E-state index >= 15 is 0 Å². The Morgan fingerprint density at radius 1 is 1.00 bits per heavy atom. The fourth-order valence-electron chi connectivity index (χ4n) is 4.89. The number of ether oxygens (including phenoxy) is 2. The summed E-state index contributed by atoms with van der Waals surface area (Å²) in [5, 5.41) is 3.48. The number of nitrogens with one attached hydrogen (secondary N) is 1. The van der Waals surface area contributed by atoms with Crippen molar-refractivity contribution in [2.24, 2.45) is 4.99 Å². The van der Waals surface area contributed by atoms with Gasteiger partial charge in [-0.15, -0.1) is 0 Å². The molecule has 218 valence electrons. The summed E-state index contributed by atoms with van der Waals surface area (Å²) in [5.74, 6) is 0.554. The van der Waals surface area contributed by atoms with Gasteiger partial charge in [-0.2, -0.15) is 0 Å². The fraction of sp³-hybridized carbons (Fsp3) is 0.303. The largest absolute Gasteiger partial charge is 0.493 e. The van der Waals surface area contributed by atoms with E-state index in [1.807, 2.05) is 62.4 Å². The number of aryl methyl sites for hydroxylation is 1. The first-order valence-corrected chi connectivity index (χ1v) is 15.1. The molecule has 0 bridgehead atoms. The van der Waals surface area contributed by atoms with Gasteiger partial charge in [-0.3, -0.25) is 14.5 Å². The maximum atomic E-state index is 13.2. The van der Waals surface area contributed by atoms with Crippen molar-refractivity contribution in [3.05, 3.63) is 82.8 Å². The van der Waals surface area contributed by atoms with Crippen LogP contribution >= 0.6 is 11.8 Å². The van der Waals surface area contributed by atoms with E-state index in [0.717, 1.165) is 29.9 Å². The molecule has 0 aromatic heterocycles. The van der Waals surface area contributed by atoms with Crippen LogP contribution in [-0.4, -0.2) is 55.2 Å². The maximum Gasteiger partial charge on any atom is 0.266 e. The smallest absolute Gasteiger partial charge is 0.266 e. The Morgan fingerprint density at radius 2 is 1.74 bits per heavy atom. The summed E-state index contributed by atoms with van der Waals surface area (Å²) < 4.78 is 11.3. The van der Waals surface area contributed by atoms with Gasteiger partial charge in [0.25, 0.3) is 11.8 Å². The molecule has 9 heteroatoms. The minimum Gasteiger partial charge on any atom is -0.493 e. The van der Waals surface area contributed by atoms with E-state index in [1.54, 1.807) is 24.1 Å². The summed E-state index contributed by atoms with van der Waals surface area (Å²) in [6, 6.07) is 21.2. The van der Waals surface area contributed by atoms with Gasteiger partial charge in [0.05, 0.1) is 17.7 Å². The molecule has 3 aromatic carbocycles. The Kier molecular flexibility index (Phi) is 9.48. The molecule has 5 rings (SSSR count). The molecule has 8 nitrogen and oxygen atoms in total. The number of thioether (sulfide) groups is 1. The predicted octanol–water partition coefficient (Wildman–Crippen LogP) is 6.64. The monoisotopic (exact) mass is 584 g/mol. The lowest BCUT2D eigenvalue weighted by Gasteiger charge is -2.28. The summed E-state index contributed by atoms with van der Waals surface area (Å²) in [6.45, 7) is 6.48. The number of amidine groups is 1. The van der Waals surface area contributed by atoms with Gasteiger partial charge in [-0.25, -0.2) is 4.99 Å². The number of carbonyl (C=O) groups excluding carboxylic acids is 2. The quantitative estimate of drug-likeness (QED) is 0.284. The van der Waals surface area contributed by atoms with E-state index in [1.165, 1.54) is 36.7 Å². The Morgan fingerprint density at radius 3 is 2.43 bits per heavy atom. The molecular weight excluding hydrogens is 548 g/mol. The molecule has 0 aliphatic carbocycles. The molecule has 2 fully saturated rings. The maximum absolute atomic E-state index is 13.2. The molecule has 0 unspecified atom stereocenters. The molecule has 2 saturated heterocycles. The predicted molar refractivity (Wildman–Crippen MR) is 171 cm³/mol. The fourth-order valence-corrected chi connectivity index (χ4v) is 5.96. The van der Waals surface area contributed by atoms with Gasteiger partial charge in [-0.1, -0.05) is 23.8 Å². The summed E-state index contributed by atoms with van der Waals surface area (Å²) in [4.78, 5) is 35.1. The lowest BCUT2D eigenvalue weighted by atomic mass is 10.1. The van der Waals surface area contributed by atoms with Crippen molar-refractivity contribution < 1.29 is 19.1 Å². The number of anilines is 2. The molecule has 0 saturated carbocycles. The first kappa shape index (κ1) is 29.3. The number of hydrogen-bond acceptors (Lipinski definition) is 7. The van der Waals surface area contributed by atoms with Gasteiger partial charge >= 0.3 is 0 Å². The van der Waals surface area contributed by atoms with Crippen LogP contribution in [0.1, 0.15) is 37.3 Å². The van der Waals surface area contributed by atoms with Gasteiger partial charge in [0.15, 0.2) is 23.3 Å². The number of piperidine rings is 1. The van der Waals surface area contributed by atoms with Crippen molar-refractivity contribution in [1.29, 1.82) is 0 Å². The molecule has 2 amide bonds. The van der Waals surface area contributed by atoms with Crippen LogP contribution in [0.5, 0.6) is 11.5 Å². The average Bonchev–Trinajstić information content (AvgIpc) is 3.31. The molecule has 42 heavy (non-hydrogen) atoms. The summed E-state index contributed by atoms with van der Waals surface area (Å²) in [6.07, 6.45) is 5.59.